The van der Waals surface area contributed by atoms with E-state index in [2.05, 4.69) is 59.5 Å². The van der Waals surface area contributed by atoms with Crippen LogP contribution in [-0.4, -0.2) is 36.9 Å². The Morgan fingerprint density at radius 1 is 0.490 bits per heavy atom. The Hall–Kier alpha value is -3.93. The van der Waals surface area contributed by atoms with Crippen LogP contribution in [0.25, 0.3) is 0 Å². The van der Waals surface area contributed by atoms with Crippen LogP contribution in [-0.2, 0) is 46.5 Å². The van der Waals surface area contributed by atoms with Gasteiger partial charge in [-0.3, -0.25) is 14.4 Å². The quantitative estimate of drug-likeness (QED) is 0.241. The number of anilines is 3. The van der Waals surface area contributed by atoms with Crippen LogP contribution in [0.4, 0.5) is 17.1 Å². The van der Waals surface area contributed by atoms with Gasteiger partial charge in [0, 0.05) is 37.9 Å². The SMILES string of the molecule is CC.CC.CC.O=C1CCc2cccc3c2N1C1CCCCC31.O=C1CCc2cccc3c2N1CC3.O=C1Cc2cccc3c2N1CCC3. The topological polar surface area (TPSA) is 60.9 Å². The van der Waals surface area contributed by atoms with Gasteiger partial charge in [-0.2, -0.15) is 0 Å². The van der Waals surface area contributed by atoms with Gasteiger partial charge in [0.2, 0.25) is 17.7 Å². The molecule has 0 spiro atoms. The minimum absolute atomic E-state index is 0.280. The summed E-state index contributed by atoms with van der Waals surface area (Å²) in [7, 11) is 0. The fourth-order valence-electron chi connectivity index (χ4n) is 8.77. The first kappa shape index (κ1) is 36.4. The van der Waals surface area contributed by atoms with Crippen molar-refractivity contribution >= 4 is 34.8 Å². The monoisotopic (exact) mass is 663 g/mol. The van der Waals surface area contributed by atoms with Crippen molar-refractivity contribution in [1.82, 2.24) is 0 Å². The highest BCUT2D eigenvalue weighted by Gasteiger charge is 2.45. The van der Waals surface area contributed by atoms with Gasteiger partial charge < -0.3 is 14.7 Å². The van der Waals surface area contributed by atoms with E-state index in [1.165, 1.54) is 76.1 Å². The molecule has 6 heteroatoms. The van der Waals surface area contributed by atoms with E-state index < -0.39 is 0 Å². The molecular weight excluding hydrogens is 606 g/mol. The van der Waals surface area contributed by atoms with Crippen LogP contribution in [0.1, 0.15) is 126 Å². The van der Waals surface area contributed by atoms with Crippen molar-refractivity contribution < 1.29 is 14.4 Å². The number of hydrogen-bond acceptors (Lipinski definition) is 3. The summed E-state index contributed by atoms with van der Waals surface area (Å²) >= 11 is 0. The zero-order chi connectivity index (χ0) is 35.1. The number of carbonyl (C=O) groups excluding carboxylic acids is 3. The number of benzene rings is 3. The highest BCUT2D eigenvalue weighted by molar-refractivity contribution is 6.03. The molecule has 3 aromatic carbocycles. The Bertz CT molecular complexity index is 1640. The lowest BCUT2D eigenvalue weighted by Gasteiger charge is -2.34. The maximum Gasteiger partial charge on any atom is 0.231 e. The summed E-state index contributed by atoms with van der Waals surface area (Å²) in [4.78, 5) is 41.4. The average Bonchev–Trinajstić information content (AvgIpc) is 3.86. The first-order chi connectivity index (χ1) is 24.1. The predicted molar refractivity (Wildman–Crippen MR) is 203 cm³/mol. The average molecular weight is 664 g/mol. The van der Waals surface area contributed by atoms with E-state index in [0.717, 1.165) is 45.2 Å². The number of hydrogen-bond donors (Lipinski definition) is 0. The van der Waals surface area contributed by atoms with Crippen LogP contribution < -0.4 is 14.7 Å². The number of para-hydroxylation sites is 3. The van der Waals surface area contributed by atoms with Gasteiger partial charge >= 0.3 is 0 Å². The zero-order valence-electron chi connectivity index (χ0n) is 30.8. The van der Waals surface area contributed by atoms with E-state index in [-0.39, 0.29) is 5.91 Å². The molecule has 6 aliphatic heterocycles. The van der Waals surface area contributed by atoms with Gasteiger partial charge in [0.05, 0.1) is 23.5 Å². The molecule has 3 aromatic rings. The van der Waals surface area contributed by atoms with Crippen molar-refractivity contribution in [2.24, 2.45) is 0 Å². The first-order valence-electron chi connectivity index (χ1n) is 19.3. The maximum absolute atomic E-state index is 12.2. The smallest absolute Gasteiger partial charge is 0.231 e. The van der Waals surface area contributed by atoms with E-state index in [4.69, 9.17) is 0 Å². The highest BCUT2D eigenvalue weighted by Crippen LogP contribution is 2.51. The fraction of sp³-hybridized carbons (Fsp3) is 0.512. The van der Waals surface area contributed by atoms with Crippen LogP contribution in [0.15, 0.2) is 54.6 Å². The van der Waals surface area contributed by atoms with Crippen molar-refractivity contribution in [3.05, 3.63) is 88.0 Å². The largest absolute Gasteiger partial charge is 0.312 e. The lowest BCUT2D eigenvalue weighted by Crippen LogP contribution is -2.42. The number of aryl methyl sites for hydroxylation is 3. The summed E-state index contributed by atoms with van der Waals surface area (Å²) in [6.07, 6.45) is 12.2. The van der Waals surface area contributed by atoms with E-state index >= 15 is 0 Å². The molecule has 2 unspecified atom stereocenters. The lowest BCUT2D eigenvalue weighted by molar-refractivity contribution is -0.120. The molecule has 262 valence electrons. The summed E-state index contributed by atoms with van der Waals surface area (Å²) in [5.74, 6) is 1.57. The minimum Gasteiger partial charge on any atom is -0.312 e. The standard InChI is InChI=1S/C15H17NO.2C11H11NO.3C2H6/c17-14-9-8-10-4-3-6-12-11-5-1-2-7-13(11)16(14)15(10)12;13-10-7-9-4-1-3-8-5-2-6-12(10)11(8)9;13-10-5-4-8-2-1-3-9-6-7-12(10)11(8)9;3*1-2/h3-4,6,11,13H,1-2,5,7-9H2;1,3-4H,2,5-7H2;1-3H,4-7H2;3*1-2H3. The molecule has 0 saturated heterocycles. The lowest BCUT2D eigenvalue weighted by atomic mass is 9.82. The van der Waals surface area contributed by atoms with Crippen molar-refractivity contribution in [1.29, 1.82) is 0 Å². The third-order valence-corrected chi connectivity index (χ3v) is 10.7. The molecule has 10 rings (SSSR count). The highest BCUT2D eigenvalue weighted by atomic mass is 16.2. The third kappa shape index (κ3) is 6.93. The van der Waals surface area contributed by atoms with Crippen molar-refractivity contribution in [3.8, 4) is 0 Å². The summed E-state index contributed by atoms with van der Waals surface area (Å²) < 4.78 is 0. The molecular formula is C43H57N3O3. The summed E-state index contributed by atoms with van der Waals surface area (Å²) in [6.45, 7) is 13.8. The Balaban J connectivity index is 0.000000134. The van der Waals surface area contributed by atoms with Gasteiger partial charge in [-0.1, -0.05) is 109 Å². The molecule has 0 N–H and O–H groups in total. The molecule has 0 radical (unpaired) electrons. The van der Waals surface area contributed by atoms with Crippen LogP contribution in [0.5, 0.6) is 0 Å². The Kier molecular flexibility index (Phi) is 12.4. The number of rotatable bonds is 0. The van der Waals surface area contributed by atoms with Gasteiger partial charge in [0.15, 0.2) is 0 Å². The second kappa shape index (κ2) is 16.7. The maximum atomic E-state index is 12.2. The van der Waals surface area contributed by atoms with Crippen LogP contribution in [0, 0.1) is 0 Å². The summed E-state index contributed by atoms with van der Waals surface area (Å²) in [5.41, 5.74) is 11.9. The molecule has 0 bridgehead atoms. The minimum atomic E-state index is 0.280. The first-order valence-corrected chi connectivity index (χ1v) is 19.3. The molecule has 0 aromatic heterocycles. The molecule has 2 atom stereocenters. The van der Waals surface area contributed by atoms with Crippen LogP contribution in [0.3, 0.4) is 0 Å². The van der Waals surface area contributed by atoms with Crippen LogP contribution >= 0.6 is 0 Å². The van der Waals surface area contributed by atoms with Crippen molar-refractivity contribution in [2.75, 3.05) is 27.8 Å². The Labute approximate surface area is 294 Å². The fourth-order valence-corrected chi connectivity index (χ4v) is 8.77. The van der Waals surface area contributed by atoms with E-state index in [1.807, 2.05) is 51.3 Å². The number of carbonyl (C=O) groups is 3. The summed E-state index contributed by atoms with van der Waals surface area (Å²) in [6, 6.07) is 19.8. The zero-order valence-corrected chi connectivity index (χ0v) is 30.8. The van der Waals surface area contributed by atoms with Gasteiger partial charge in [-0.15, -0.1) is 0 Å². The Morgan fingerprint density at radius 3 is 1.73 bits per heavy atom. The van der Waals surface area contributed by atoms with Crippen LogP contribution in [0.2, 0.25) is 0 Å². The molecule has 6 heterocycles. The van der Waals surface area contributed by atoms with Gasteiger partial charge in [-0.05, 0) is 78.3 Å². The molecule has 3 amide bonds. The summed E-state index contributed by atoms with van der Waals surface area (Å²) in [5, 5.41) is 0. The van der Waals surface area contributed by atoms with E-state index in [9.17, 15) is 14.4 Å². The second-order valence-electron chi connectivity index (χ2n) is 13.0. The number of nitrogens with zero attached hydrogens (tertiary/aromatic N) is 3. The van der Waals surface area contributed by atoms with E-state index in [1.54, 1.807) is 0 Å². The normalized spacial score (nSPS) is 20.9. The molecule has 1 fully saturated rings. The van der Waals surface area contributed by atoms with Gasteiger partial charge in [0.25, 0.3) is 0 Å². The molecule has 1 saturated carbocycles. The van der Waals surface area contributed by atoms with Gasteiger partial charge in [-0.25, -0.2) is 0 Å². The molecule has 49 heavy (non-hydrogen) atoms. The number of fused-ring (bicyclic) bond motifs is 3. The van der Waals surface area contributed by atoms with E-state index in [0.29, 0.717) is 43.0 Å². The molecule has 1 aliphatic carbocycles. The third-order valence-electron chi connectivity index (χ3n) is 10.7. The Morgan fingerprint density at radius 2 is 1.02 bits per heavy atom. The second-order valence-corrected chi connectivity index (χ2v) is 13.0. The molecule has 7 aliphatic rings. The van der Waals surface area contributed by atoms with Crippen molar-refractivity contribution in [3.63, 3.8) is 0 Å². The van der Waals surface area contributed by atoms with Gasteiger partial charge in [0.1, 0.15) is 0 Å². The predicted octanol–water partition coefficient (Wildman–Crippen LogP) is 9.13. The number of amides is 3. The van der Waals surface area contributed by atoms with Crippen molar-refractivity contribution in [2.45, 2.75) is 131 Å². The molecule has 6 nitrogen and oxygen atoms in total.